The molecule has 0 N–H and O–H groups in total. The number of aromatic nitrogens is 2. The number of fused-ring (bicyclic) bond motifs is 4. The second-order valence-corrected chi connectivity index (χ2v) is 19.5. The van der Waals surface area contributed by atoms with Crippen molar-refractivity contribution >= 4 is 68.1 Å². The molecule has 3 atom stereocenters. The molecule has 0 amide bonds. The maximum atomic E-state index is 4.82. The maximum Gasteiger partial charge on any atom is 0.114 e. The van der Waals surface area contributed by atoms with E-state index in [4.69, 9.17) is 8.75 Å². The Balaban J connectivity index is 1.28. The van der Waals surface area contributed by atoms with E-state index in [9.17, 15) is 0 Å². The van der Waals surface area contributed by atoms with Crippen LogP contribution in [0.15, 0.2) is 48.5 Å². The van der Waals surface area contributed by atoms with Crippen molar-refractivity contribution in [3.63, 3.8) is 0 Å². The minimum Gasteiger partial charge on any atom is -0.172 e. The predicted octanol–water partition coefficient (Wildman–Crippen LogP) is 15.4. The van der Waals surface area contributed by atoms with E-state index in [2.05, 4.69) is 101 Å². The van der Waals surface area contributed by atoms with Crippen molar-refractivity contribution in [2.24, 2.45) is 11.8 Å². The number of unbranched alkanes of at least 4 members (excludes halogenated alkanes) is 3. The van der Waals surface area contributed by atoms with Crippen LogP contribution in [0.2, 0.25) is 0 Å². The van der Waals surface area contributed by atoms with Crippen LogP contribution in [0.1, 0.15) is 119 Å². The molecule has 1 aliphatic carbocycles. The minimum absolute atomic E-state index is 0.125. The van der Waals surface area contributed by atoms with Crippen molar-refractivity contribution in [1.82, 2.24) is 8.75 Å². The summed E-state index contributed by atoms with van der Waals surface area (Å²) < 4.78 is 9.60. The van der Waals surface area contributed by atoms with Gasteiger partial charge in [0.15, 0.2) is 0 Å². The molecule has 0 fully saturated rings. The average Bonchev–Trinajstić information content (AvgIpc) is 3.95. The summed E-state index contributed by atoms with van der Waals surface area (Å²) in [5.74, 6) is 1.53. The second kappa shape index (κ2) is 15.2. The minimum atomic E-state index is 0.125. The lowest BCUT2D eigenvalue weighted by atomic mass is 9.65. The van der Waals surface area contributed by atoms with Gasteiger partial charge < -0.3 is 0 Å². The molecule has 0 saturated carbocycles. The number of aryl methyl sites for hydroxylation is 2. The third-order valence-electron chi connectivity index (χ3n) is 11.0. The Kier molecular flexibility index (Phi) is 10.9. The number of nitrogens with zero attached hydrogens (tertiary/aromatic N) is 2. The molecular formula is C42H50N2S5. The van der Waals surface area contributed by atoms with Crippen molar-refractivity contribution in [3.05, 3.63) is 69.4 Å². The van der Waals surface area contributed by atoms with E-state index in [0.717, 1.165) is 22.9 Å². The highest BCUT2D eigenvalue weighted by molar-refractivity contribution is 7.27. The van der Waals surface area contributed by atoms with Crippen LogP contribution in [-0.4, -0.2) is 8.75 Å². The third kappa shape index (κ3) is 6.80. The molecule has 5 aromatic heterocycles. The molecule has 258 valence electrons. The number of benzene rings is 1. The average molecular weight is 743 g/mol. The largest absolute Gasteiger partial charge is 0.172 e. The molecule has 49 heavy (non-hydrogen) atoms. The lowest BCUT2D eigenvalue weighted by Gasteiger charge is -2.37. The summed E-state index contributed by atoms with van der Waals surface area (Å²) in [5, 5.41) is 0. The molecule has 5 heterocycles. The Morgan fingerprint density at radius 3 is 1.80 bits per heavy atom. The summed E-state index contributed by atoms with van der Waals surface area (Å²) in [5.41, 5.74) is 7.88. The topological polar surface area (TPSA) is 25.8 Å². The molecule has 2 nitrogen and oxygen atoms in total. The van der Waals surface area contributed by atoms with Gasteiger partial charge >= 0.3 is 0 Å². The van der Waals surface area contributed by atoms with Crippen molar-refractivity contribution in [1.29, 1.82) is 0 Å². The lowest BCUT2D eigenvalue weighted by molar-refractivity contribution is 0.266. The Labute approximate surface area is 314 Å². The van der Waals surface area contributed by atoms with Crippen LogP contribution >= 0.6 is 57.1 Å². The normalized spacial score (nSPS) is 16.8. The Hall–Kier alpha value is -2.16. The Bertz CT molecular complexity index is 2020. The molecule has 1 aromatic carbocycles. The van der Waals surface area contributed by atoms with Crippen molar-refractivity contribution in [2.75, 3.05) is 0 Å². The summed E-state index contributed by atoms with van der Waals surface area (Å²) in [6, 6.07) is 18.9. The van der Waals surface area contributed by atoms with Gasteiger partial charge in [-0.3, -0.25) is 0 Å². The standard InChI is InChI=1S/C42H50N2S5/c1-7-11-13-15-29(10-4)25-42(24-28(9-3)14-12-8-2)32-22-27(6)46-40(32)41-33(42)23-37(48-41)36-21-20-35(47-36)31-18-17-30(34-19-16-26(5)45-34)38-39(31)44-49-43-38/h16-23,28-29H,7-15,24-25H2,1-6H3. The molecule has 3 unspecified atom stereocenters. The number of thiophene rings is 4. The fraction of sp³-hybridized carbons (Fsp3) is 0.476. The highest BCUT2D eigenvalue weighted by atomic mass is 32.1. The third-order valence-corrected chi connectivity index (χ3v) is 16.2. The van der Waals surface area contributed by atoms with Gasteiger partial charge in [-0.05, 0) is 86.1 Å². The van der Waals surface area contributed by atoms with Gasteiger partial charge in [0, 0.05) is 55.6 Å². The quantitative estimate of drug-likeness (QED) is 0.0923. The second-order valence-electron chi connectivity index (χ2n) is 14.3. The van der Waals surface area contributed by atoms with E-state index in [-0.39, 0.29) is 5.41 Å². The Morgan fingerprint density at radius 1 is 0.571 bits per heavy atom. The van der Waals surface area contributed by atoms with Crippen LogP contribution in [0, 0.1) is 25.7 Å². The van der Waals surface area contributed by atoms with Crippen LogP contribution in [0.3, 0.4) is 0 Å². The number of hydrogen-bond donors (Lipinski definition) is 0. The van der Waals surface area contributed by atoms with E-state index in [1.807, 2.05) is 34.0 Å². The van der Waals surface area contributed by atoms with E-state index in [1.165, 1.54) is 123 Å². The zero-order valence-corrected chi connectivity index (χ0v) is 34.1. The summed E-state index contributed by atoms with van der Waals surface area (Å²) in [6.45, 7) is 14.1. The summed E-state index contributed by atoms with van der Waals surface area (Å²) in [6.07, 6.45) is 14.5. The first kappa shape index (κ1) is 35.3. The summed E-state index contributed by atoms with van der Waals surface area (Å²) >= 11 is 9.18. The molecule has 0 saturated heterocycles. The lowest BCUT2D eigenvalue weighted by Crippen LogP contribution is -2.31. The van der Waals surface area contributed by atoms with E-state index in [1.54, 1.807) is 20.9 Å². The first-order chi connectivity index (χ1) is 23.9. The first-order valence-electron chi connectivity index (χ1n) is 18.6. The van der Waals surface area contributed by atoms with Gasteiger partial charge in [0.25, 0.3) is 0 Å². The van der Waals surface area contributed by atoms with Gasteiger partial charge in [-0.25, -0.2) is 0 Å². The zero-order valence-electron chi connectivity index (χ0n) is 30.0. The molecule has 7 heteroatoms. The van der Waals surface area contributed by atoms with Crippen molar-refractivity contribution < 1.29 is 0 Å². The maximum absolute atomic E-state index is 4.82. The van der Waals surface area contributed by atoms with Gasteiger partial charge in [0.05, 0.1) is 11.7 Å². The highest BCUT2D eigenvalue weighted by Crippen LogP contribution is 2.62. The molecule has 7 rings (SSSR count). The smallest absolute Gasteiger partial charge is 0.114 e. The van der Waals surface area contributed by atoms with Gasteiger partial charge in [0.2, 0.25) is 0 Å². The van der Waals surface area contributed by atoms with Crippen LogP contribution in [0.5, 0.6) is 0 Å². The molecule has 0 radical (unpaired) electrons. The first-order valence-corrected chi connectivity index (χ1v) is 22.6. The summed E-state index contributed by atoms with van der Waals surface area (Å²) in [7, 11) is 0. The Morgan fingerprint density at radius 2 is 1.16 bits per heavy atom. The molecular weight excluding hydrogens is 693 g/mol. The fourth-order valence-corrected chi connectivity index (χ4v) is 13.4. The van der Waals surface area contributed by atoms with Crippen molar-refractivity contribution in [3.8, 4) is 40.4 Å². The molecule has 6 aromatic rings. The fourth-order valence-electron chi connectivity index (χ4n) is 8.26. The molecule has 0 aliphatic heterocycles. The monoisotopic (exact) mass is 742 g/mol. The van der Waals surface area contributed by atoms with E-state index in [0.29, 0.717) is 0 Å². The van der Waals surface area contributed by atoms with Gasteiger partial charge in [-0.15, -0.1) is 45.3 Å². The van der Waals surface area contributed by atoms with Crippen LogP contribution in [0.4, 0.5) is 0 Å². The highest BCUT2D eigenvalue weighted by Gasteiger charge is 2.47. The van der Waals surface area contributed by atoms with Gasteiger partial charge in [-0.2, -0.15) is 8.75 Å². The number of rotatable bonds is 16. The molecule has 0 bridgehead atoms. The van der Waals surface area contributed by atoms with Gasteiger partial charge in [-0.1, -0.05) is 97.6 Å². The van der Waals surface area contributed by atoms with Gasteiger partial charge in [0.1, 0.15) is 11.0 Å². The van der Waals surface area contributed by atoms with Crippen LogP contribution < -0.4 is 0 Å². The van der Waals surface area contributed by atoms with Crippen LogP contribution in [-0.2, 0) is 5.41 Å². The summed E-state index contributed by atoms with van der Waals surface area (Å²) in [4.78, 5) is 11.3. The zero-order chi connectivity index (χ0) is 34.1. The predicted molar refractivity (Wildman–Crippen MR) is 221 cm³/mol. The SMILES string of the molecule is CCCCCC(CC)CC1(CC(CC)CCCC)c2cc(C)sc2-c2sc(-c3ccc(-c4ccc(-c5ccc(C)s5)c5nsnc45)s3)cc21. The molecule has 1 aliphatic rings. The van der Waals surface area contributed by atoms with Crippen molar-refractivity contribution in [2.45, 2.75) is 118 Å². The number of hydrogen-bond acceptors (Lipinski definition) is 7. The van der Waals surface area contributed by atoms with Crippen LogP contribution in [0.25, 0.3) is 51.4 Å². The van der Waals surface area contributed by atoms with E-state index < -0.39 is 0 Å². The molecule has 0 spiro atoms. The van der Waals surface area contributed by atoms with E-state index >= 15 is 0 Å².